The van der Waals surface area contributed by atoms with E-state index in [0.717, 1.165) is 60.5 Å². The van der Waals surface area contributed by atoms with Crippen LogP contribution in [0.5, 0.6) is 0 Å². The molecule has 6 rings (SSSR count). The van der Waals surface area contributed by atoms with Crippen molar-refractivity contribution in [2.45, 2.75) is 44.4 Å². The molecule has 36 heavy (non-hydrogen) atoms. The molecule has 3 heterocycles. The summed E-state index contributed by atoms with van der Waals surface area (Å²) in [5, 5.41) is 0. The minimum atomic E-state index is -0.235. The Morgan fingerprint density at radius 1 is 0.889 bits per heavy atom. The van der Waals surface area contributed by atoms with Gasteiger partial charge in [-0.3, -0.25) is 14.9 Å². The molecule has 5 aromatic rings. The molecule has 0 fully saturated rings. The maximum absolute atomic E-state index is 6.48. The van der Waals surface area contributed by atoms with Crippen LogP contribution in [-0.4, -0.2) is 24.8 Å². The van der Waals surface area contributed by atoms with E-state index in [1.165, 1.54) is 16.8 Å². The highest BCUT2D eigenvalue weighted by Crippen LogP contribution is 2.35. The average molecular weight is 475 g/mol. The summed E-state index contributed by atoms with van der Waals surface area (Å²) in [4.78, 5) is 20.2. The van der Waals surface area contributed by atoms with Crippen LogP contribution in [0.2, 0.25) is 0 Å². The lowest BCUT2D eigenvalue weighted by Crippen LogP contribution is -2.31. The summed E-state index contributed by atoms with van der Waals surface area (Å²) < 4.78 is 0. The Balaban J connectivity index is 1.29. The number of hydrogen-bond acceptors (Lipinski definition) is 5. The monoisotopic (exact) mass is 474 g/mol. The summed E-state index contributed by atoms with van der Waals surface area (Å²) in [6.07, 6.45) is 7.06. The second-order valence-corrected chi connectivity index (χ2v) is 9.54. The van der Waals surface area contributed by atoms with Gasteiger partial charge in [-0.1, -0.05) is 48.5 Å². The number of fused-ring (bicyclic) bond motifs is 2. The Hall–Kier alpha value is -3.87. The summed E-state index contributed by atoms with van der Waals surface area (Å²) in [6, 6.07) is 27.0. The van der Waals surface area contributed by atoms with Gasteiger partial charge in [0.15, 0.2) is 0 Å². The van der Waals surface area contributed by atoms with Gasteiger partial charge in [0.25, 0.3) is 0 Å². The minimum absolute atomic E-state index is 0.235. The quantitative estimate of drug-likeness (QED) is 0.326. The molecular weight excluding hydrogens is 444 g/mol. The lowest BCUT2D eigenvalue weighted by molar-refractivity contribution is 0.153. The normalized spacial score (nSPS) is 16.2. The highest BCUT2D eigenvalue weighted by Gasteiger charge is 2.28. The van der Waals surface area contributed by atoms with Gasteiger partial charge < -0.3 is 10.7 Å². The van der Waals surface area contributed by atoms with Gasteiger partial charge in [0.2, 0.25) is 0 Å². The average Bonchev–Trinajstić information content (AvgIpc) is 3.35. The molecule has 2 aromatic carbocycles. The van der Waals surface area contributed by atoms with Crippen molar-refractivity contribution >= 4 is 11.0 Å². The van der Waals surface area contributed by atoms with Crippen molar-refractivity contribution in [3.05, 3.63) is 125 Å². The third-order valence-electron chi connectivity index (χ3n) is 7.13. The summed E-state index contributed by atoms with van der Waals surface area (Å²) in [7, 11) is 0. The molecule has 180 valence electrons. The zero-order valence-corrected chi connectivity index (χ0v) is 20.2. The van der Waals surface area contributed by atoms with Gasteiger partial charge in [-0.15, -0.1) is 0 Å². The Bertz CT molecular complexity index is 1410. The van der Waals surface area contributed by atoms with Crippen LogP contribution in [0.15, 0.2) is 91.3 Å². The fourth-order valence-corrected chi connectivity index (χ4v) is 5.29. The number of imidazole rings is 1. The molecule has 0 saturated heterocycles. The van der Waals surface area contributed by atoms with Gasteiger partial charge in [0.05, 0.1) is 41.0 Å². The summed E-state index contributed by atoms with van der Waals surface area (Å²) in [5.74, 6) is 0.980. The first-order valence-corrected chi connectivity index (χ1v) is 12.6. The molecule has 1 aliphatic carbocycles. The third-order valence-corrected chi connectivity index (χ3v) is 7.13. The molecule has 6 heteroatoms. The summed E-state index contributed by atoms with van der Waals surface area (Å²) in [5.41, 5.74) is 14.3. The standard InChI is InChI=1S/C30H30N6/c31-29(26-11-3-4-17-32-26)22-15-13-21(14-16-22)19-36(20-28-34-24-9-1-2-10-25(24)35-28)27-12-5-7-23-8-6-18-33-30(23)27/h1-4,6,8-11,13-18,27,29H,5,7,12,19-20,31H2,(H,34,35). The van der Waals surface area contributed by atoms with Crippen LogP contribution in [-0.2, 0) is 19.5 Å². The molecule has 2 atom stereocenters. The number of nitrogens with two attached hydrogens (primary N) is 1. The highest BCUT2D eigenvalue weighted by molar-refractivity contribution is 5.74. The van der Waals surface area contributed by atoms with Crippen molar-refractivity contribution in [3.8, 4) is 0 Å². The number of pyridine rings is 2. The van der Waals surface area contributed by atoms with Crippen LogP contribution in [0.3, 0.4) is 0 Å². The second-order valence-electron chi connectivity index (χ2n) is 9.54. The number of benzene rings is 2. The molecule has 3 N–H and O–H groups in total. The molecule has 1 aliphatic rings. The minimum Gasteiger partial charge on any atom is -0.341 e. The molecule has 0 aliphatic heterocycles. The first kappa shape index (κ1) is 22.6. The highest BCUT2D eigenvalue weighted by atomic mass is 15.2. The van der Waals surface area contributed by atoms with E-state index in [1.54, 1.807) is 6.20 Å². The third kappa shape index (κ3) is 4.65. The Kier molecular flexibility index (Phi) is 6.28. The van der Waals surface area contributed by atoms with Crippen molar-refractivity contribution < 1.29 is 0 Å². The number of aromatic amines is 1. The number of aromatic nitrogens is 4. The van der Waals surface area contributed by atoms with E-state index < -0.39 is 0 Å². The zero-order chi connectivity index (χ0) is 24.3. The molecule has 0 bridgehead atoms. The molecule has 3 aromatic heterocycles. The van der Waals surface area contributed by atoms with Crippen LogP contribution in [0.4, 0.5) is 0 Å². The molecule has 0 saturated carbocycles. The van der Waals surface area contributed by atoms with Gasteiger partial charge in [-0.05, 0) is 66.3 Å². The lowest BCUT2D eigenvalue weighted by Gasteiger charge is -2.34. The van der Waals surface area contributed by atoms with Crippen LogP contribution in [0.1, 0.15) is 58.8 Å². The molecule has 0 amide bonds. The van der Waals surface area contributed by atoms with E-state index in [2.05, 4.69) is 57.3 Å². The van der Waals surface area contributed by atoms with Gasteiger partial charge in [0.1, 0.15) is 5.82 Å². The molecule has 0 spiro atoms. The van der Waals surface area contributed by atoms with Crippen LogP contribution >= 0.6 is 0 Å². The molecule has 2 unspecified atom stereocenters. The number of rotatable bonds is 7. The predicted octanol–water partition coefficient (Wildman–Crippen LogP) is 5.48. The van der Waals surface area contributed by atoms with Gasteiger partial charge in [-0.2, -0.15) is 0 Å². The van der Waals surface area contributed by atoms with Crippen LogP contribution in [0, 0.1) is 0 Å². The SMILES string of the molecule is NC(c1ccc(CN(Cc2nc3ccccc3[nH]2)C2CCCc3cccnc32)cc1)c1ccccn1. The Labute approximate surface area is 211 Å². The fourth-order valence-electron chi connectivity index (χ4n) is 5.29. The number of para-hydroxylation sites is 2. The smallest absolute Gasteiger partial charge is 0.121 e. The molecule has 6 nitrogen and oxygen atoms in total. The van der Waals surface area contributed by atoms with Crippen LogP contribution in [0.25, 0.3) is 11.0 Å². The number of aryl methyl sites for hydroxylation is 1. The van der Waals surface area contributed by atoms with E-state index in [9.17, 15) is 0 Å². The number of nitrogens with zero attached hydrogens (tertiary/aromatic N) is 4. The van der Waals surface area contributed by atoms with Crippen molar-refractivity contribution in [3.63, 3.8) is 0 Å². The van der Waals surface area contributed by atoms with E-state index >= 15 is 0 Å². The van der Waals surface area contributed by atoms with E-state index in [1.807, 2.05) is 42.6 Å². The first-order valence-electron chi connectivity index (χ1n) is 12.6. The number of H-pyrrole nitrogens is 1. The lowest BCUT2D eigenvalue weighted by atomic mass is 9.90. The number of nitrogens with one attached hydrogen (secondary N) is 1. The van der Waals surface area contributed by atoms with E-state index in [0.29, 0.717) is 0 Å². The first-order chi connectivity index (χ1) is 17.7. The van der Waals surface area contributed by atoms with Gasteiger partial charge >= 0.3 is 0 Å². The molecular formula is C30H30N6. The zero-order valence-electron chi connectivity index (χ0n) is 20.2. The summed E-state index contributed by atoms with van der Waals surface area (Å²) in [6.45, 7) is 1.53. The maximum Gasteiger partial charge on any atom is 0.121 e. The van der Waals surface area contributed by atoms with Gasteiger partial charge in [-0.25, -0.2) is 4.98 Å². The van der Waals surface area contributed by atoms with Crippen molar-refractivity contribution in [2.75, 3.05) is 0 Å². The van der Waals surface area contributed by atoms with E-state index in [4.69, 9.17) is 15.7 Å². The van der Waals surface area contributed by atoms with E-state index in [-0.39, 0.29) is 12.1 Å². The second kappa shape index (κ2) is 10.0. The van der Waals surface area contributed by atoms with Crippen molar-refractivity contribution in [2.24, 2.45) is 5.73 Å². The maximum atomic E-state index is 6.48. The largest absolute Gasteiger partial charge is 0.341 e. The Morgan fingerprint density at radius 2 is 1.72 bits per heavy atom. The van der Waals surface area contributed by atoms with Crippen molar-refractivity contribution in [1.82, 2.24) is 24.8 Å². The summed E-state index contributed by atoms with van der Waals surface area (Å²) >= 11 is 0. The topological polar surface area (TPSA) is 83.7 Å². The van der Waals surface area contributed by atoms with Crippen molar-refractivity contribution in [1.29, 1.82) is 0 Å². The van der Waals surface area contributed by atoms with Gasteiger partial charge in [0, 0.05) is 18.9 Å². The Morgan fingerprint density at radius 3 is 2.56 bits per heavy atom. The number of hydrogen-bond donors (Lipinski definition) is 2. The van der Waals surface area contributed by atoms with Crippen LogP contribution < -0.4 is 5.73 Å². The predicted molar refractivity (Wildman–Crippen MR) is 142 cm³/mol. The fraction of sp³-hybridized carbons (Fsp3) is 0.233. The molecule has 0 radical (unpaired) electrons.